The lowest BCUT2D eigenvalue weighted by molar-refractivity contribution is -0.114. The summed E-state index contributed by atoms with van der Waals surface area (Å²) in [7, 11) is -3.81. The minimum Gasteiger partial charge on any atom is -0.490 e. The van der Waals surface area contributed by atoms with Crippen LogP contribution < -0.4 is 19.5 Å². The Bertz CT molecular complexity index is 1170. The van der Waals surface area contributed by atoms with Crippen molar-refractivity contribution in [2.75, 3.05) is 30.9 Å². The summed E-state index contributed by atoms with van der Waals surface area (Å²) in [5.41, 5.74) is 0.482. The second-order valence-corrected chi connectivity index (χ2v) is 8.62. The number of ether oxygens (including phenoxy) is 3. The van der Waals surface area contributed by atoms with E-state index in [0.717, 1.165) is 0 Å². The number of rotatable bonds is 11. The summed E-state index contributed by atoms with van der Waals surface area (Å²) in [6, 6.07) is 10.8. The number of carbonyl (C=O) groups excluding carboxylic acids is 1. The lowest BCUT2D eigenvalue weighted by atomic mass is 10.2. The third-order valence-corrected chi connectivity index (χ3v) is 5.88. The quantitative estimate of drug-likeness (QED) is 0.444. The van der Waals surface area contributed by atoms with Gasteiger partial charge in [-0.2, -0.15) is 0 Å². The van der Waals surface area contributed by atoms with E-state index >= 15 is 0 Å². The molecule has 3 aromatic rings. The first-order chi connectivity index (χ1) is 15.9. The lowest BCUT2D eigenvalue weighted by Crippen LogP contribution is -2.23. The minimum atomic E-state index is -3.81. The molecule has 0 aliphatic rings. The Labute approximate surface area is 191 Å². The molecule has 0 bridgehead atoms. The molecular weight excluding hydrogens is 450 g/mol. The fraction of sp³-hybridized carbons (Fsp3) is 0.318. The summed E-state index contributed by atoms with van der Waals surface area (Å²) in [6.45, 7) is 6.75. The molecule has 11 heteroatoms. The van der Waals surface area contributed by atoms with E-state index in [1.165, 1.54) is 12.1 Å². The molecule has 0 spiro atoms. The number of hydrogen-bond donors (Lipinski definition) is 1. The first-order valence-electron chi connectivity index (χ1n) is 10.4. The molecule has 0 unspecified atom stereocenters. The number of aromatic nitrogens is 2. The van der Waals surface area contributed by atoms with E-state index in [1.807, 2.05) is 20.8 Å². The highest BCUT2D eigenvalue weighted by Crippen LogP contribution is 2.41. The van der Waals surface area contributed by atoms with E-state index in [2.05, 4.69) is 15.5 Å². The molecule has 0 aliphatic carbocycles. The van der Waals surface area contributed by atoms with Gasteiger partial charge in [0, 0.05) is 5.56 Å². The van der Waals surface area contributed by atoms with Crippen LogP contribution in [0.5, 0.6) is 17.2 Å². The topological polar surface area (TPSA) is 130 Å². The van der Waals surface area contributed by atoms with Crippen molar-refractivity contribution in [2.45, 2.75) is 25.7 Å². The normalized spacial score (nSPS) is 11.1. The molecule has 176 valence electrons. The first-order valence-corrected chi connectivity index (χ1v) is 12.0. The molecule has 0 radical (unpaired) electrons. The van der Waals surface area contributed by atoms with Crippen LogP contribution in [0.2, 0.25) is 0 Å². The van der Waals surface area contributed by atoms with E-state index < -0.39 is 21.5 Å². The predicted octanol–water partition coefficient (Wildman–Crippen LogP) is 3.35. The zero-order valence-electron chi connectivity index (χ0n) is 18.5. The molecule has 0 saturated heterocycles. The van der Waals surface area contributed by atoms with Crippen LogP contribution in [0, 0.1) is 0 Å². The van der Waals surface area contributed by atoms with E-state index in [1.54, 1.807) is 30.3 Å². The highest BCUT2D eigenvalue weighted by Gasteiger charge is 2.22. The molecule has 0 fully saturated rings. The number of sulfone groups is 1. The monoisotopic (exact) mass is 475 g/mol. The molecule has 1 aromatic heterocycles. The summed E-state index contributed by atoms with van der Waals surface area (Å²) in [4.78, 5) is 12.3. The van der Waals surface area contributed by atoms with Gasteiger partial charge in [0.2, 0.25) is 17.5 Å². The van der Waals surface area contributed by atoms with Gasteiger partial charge in [-0.1, -0.05) is 23.3 Å². The van der Waals surface area contributed by atoms with Gasteiger partial charge in [-0.3, -0.25) is 10.1 Å². The first kappa shape index (κ1) is 24.1. The number of nitrogens with one attached hydrogen (secondary N) is 1. The van der Waals surface area contributed by atoms with Crippen molar-refractivity contribution >= 4 is 21.8 Å². The summed E-state index contributed by atoms with van der Waals surface area (Å²) in [5, 5.41) is 10.1. The van der Waals surface area contributed by atoms with Gasteiger partial charge < -0.3 is 18.6 Å². The highest BCUT2D eigenvalue weighted by molar-refractivity contribution is 7.92. The van der Waals surface area contributed by atoms with Crippen LogP contribution in [0.4, 0.5) is 6.01 Å². The molecule has 1 heterocycles. The summed E-state index contributed by atoms with van der Waals surface area (Å²) in [6.07, 6.45) is 0. The third kappa shape index (κ3) is 6.01. The summed E-state index contributed by atoms with van der Waals surface area (Å²) < 4.78 is 47.3. The van der Waals surface area contributed by atoms with Gasteiger partial charge in [0.05, 0.1) is 24.7 Å². The van der Waals surface area contributed by atoms with Crippen LogP contribution in [0.15, 0.2) is 51.8 Å². The van der Waals surface area contributed by atoms with Gasteiger partial charge >= 0.3 is 6.01 Å². The van der Waals surface area contributed by atoms with Crippen molar-refractivity contribution in [3.63, 3.8) is 0 Å². The zero-order valence-corrected chi connectivity index (χ0v) is 19.3. The Morgan fingerprint density at radius 1 is 0.939 bits per heavy atom. The molecule has 0 saturated carbocycles. The Morgan fingerprint density at radius 2 is 1.55 bits per heavy atom. The van der Waals surface area contributed by atoms with Gasteiger partial charge in [-0.15, -0.1) is 5.10 Å². The Morgan fingerprint density at radius 3 is 2.12 bits per heavy atom. The highest BCUT2D eigenvalue weighted by atomic mass is 32.2. The summed E-state index contributed by atoms with van der Waals surface area (Å²) >= 11 is 0. The van der Waals surface area contributed by atoms with Gasteiger partial charge in [0.1, 0.15) is 5.75 Å². The largest absolute Gasteiger partial charge is 0.490 e. The molecule has 10 nitrogen and oxygen atoms in total. The van der Waals surface area contributed by atoms with Gasteiger partial charge in [0.15, 0.2) is 21.3 Å². The van der Waals surface area contributed by atoms with Crippen LogP contribution in [0.25, 0.3) is 11.5 Å². The number of amides is 1. The SMILES string of the molecule is CCOc1cc(-c2nnc(NC(=O)CS(=O)(=O)c3ccccc3)o2)cc(OCC)c1OCC. The molecule has 1 amide bonds. The molecule has 0 atom stereocenters. The van der Waals surface area contributed by atoms with E-state index in [9.17, 15) is 13.2 Å². The number of hydrogen-bond acceptors (Lipinski definition) is 9. The fourth-order valence-electron chi connectivity index (χ4n) is 2.94. The fourth-order valence-corrected chi connectivity index (χ4v) is 4.10. The lowest BCUT2D eigenvalue weighted by Gasteiger charge is -2.16. The second kappa shape index (κ2) is 10.8. The number of nitrogens with zero attached hydrogens (tertiary/aromatic N) is 2. The Kier molecular flexibility index (Phi) is 7.88. The van der Waals surface area contributed by atoms with Gasteiger partial charge in [-0.05, 0) is 45.0 Å². The van der Waals surface area contributed by atoms with Crippen LogP contribution in [0.3, 0.4) is 0 Å². The second-order valence-electron chi connectivity index (χ2n) is 6.63. The Hall–Kier alpha value is -3.60. The summed E-state index contributed by atoms with van der Waals surface area (Å²) in [5.74, 6) is -0.132. The molecule has 33 heavy (non-hydrogen) atoms. The number of benzene rings is 2. The van der Waals surface area contributed by atoms with E-state index in [4.69, 9.17) is 18.6 Å². The maximum Gasteiger partial charge on any atom is 0.322 e. The molecule has 2 aromatic carbocycles. The maximum atomic E-state index is 12.4. The molecular formula is C22H25N3O7S. The number of carbonyl (C=O) groups is 1. The third-order valence-electron chi connectivity index (χ3n) is 4.25. The van der Waals surface area contributed by atoms with Crippen molar-refractivity contribution in [1.29, 1.82) is 0 Å². The molecule has 1 N–H and O–H groups in total. The van der Waals surface area contributed by atoms with Crippen molar-refractivity contribution < 1.29 is 31.8 Å². The Balaban J connectivity index is 1.81. The minimum absolute atomic E-state index is 0.0488. The molecule has 3 rings (SSSR count). The van der Waals surface area contributed by atoms with Crippen molar-refractivity contribution in [3.05, 3.63) is 42.5 Å². The maximum absolute atomic E-state index is 12.4. The smallest absolute Gasteiger partial charge is 0.322 e. The van der Waals surface area contributed by atoms with Crippen molar-refractivity contribution in [3.8, 4) is 28.7 Å². The molecule has 0 aliphatic heterocycles. The van der Waals surface area contributed by atoms with Gasteiger partial charge in [0.25, 0.3) is 0 Å². The van der Waals surface area contributed by atoms with Gasteiger partial charge in [-0.25, -0.2) is 8.42 Å². The zero-order chi connectivity index (χ0) is 23.8. The van der Waals surface area contributed by atoms with Crippen molar-refractivity contribution in [1.82, 2.24) is 10.2 Å². The predicted molar refractivity (Wildman–Crippen MR) is 120 cm³/mol. The van der Waals surface area contributed by atoms with Crippen LogP contribution in [-0.2, 0) is 14.6 Å². The average molecular weight is 476 g/mol. The van der Waals surface area contributed by atoms with Crippen LogP contribution in [0.1, 0.15) is 20.8 Å². The average Bonchev–Trinajstić information content (AvgIpc) is 3.24. The van der Waals surface area contributed by atoms with E-state index in [0.29, 0.717) is 42.6 Å². The van der Waals surface area contributed by atoms with Crippen LogP contribution in [-0.4, -0.2) is 50.1 Å². The van der Waals surface area contributed by atoms with Crippen LogP contribution >= 0.6 is 0 Å². The number of anilines is 1. The van der Waals surface area contributed by atoms with Crippen molar-refractivity contribution in [2.24, 2.45) is 0 Å². The van der Waals surface area contributed by atoms with E-state index in [-0.39, 0.29) is 16.8 Å². The standard InChI is InChI=1S/C22H25N3O7S/c1-4-29-17-12-15(13-18(30-5-2)20(17)31-6-3)21-24-25-22(32-21)23-19(26)14-33(27,28)16-10-8-7-9-11-16/h7-13H,4-6,14H2,1-3H3,(H,23,25,26).